The van der Waals surface area contributed by atoms with E-state index in [2.05, 4.69) is 9.55 Å². The topological polar surface area (TPSA) is 53.1 Å². The van der Waals surface area contributed by atoms with Gasteiger partial charge in [-0.3, -0.25) is 0 Å². The third kappa shape index (κ3) is 3.15. The predicted octanol–water partition coefficient (Wildman–Crippen LogP) is 2.38. The Balaban J connectivity index is 2.22. The minimum Gasteiger partial charge on any atom is -0.491 e. The summed E-state index contributed by atoms with van der Waals surface area (Å²) in [6.07, 6.45) is 2.92. The van der Waals surface area contributed by atoms with Crippen molar-refractivity contribution in [1.82, 2.24) is 9.55 Å². The molecule has 0 aliphatic rings. The average molecular weight is 259 g/mol. The maximum Gasteiger partial charge on any atom is 0.139 e. The summed E-state index contributed by atoms with van der Waals surface area (Å²) >= 11 is 0. The molecule has 0 bridgehead atoms. The van der Waals surface area contributed by atoms with Crippen LogP contribution >= 0.6 is 0 Å². The van der Waals surface area contributed by atoms with Crippen LogP contribution in [0.1, 0.15) is 19.5 Å². The van der Waals surface area contributed by atoms with E-state index in [0.717, 1.165) is 29.3 Å². The summed E-state index contributed by atoms with van der Waals surface area (Å²) in [4.78, 5) is 4.46. The summed E-state index contributed by atoms with van der Waals surface area (Å²) in [5.41, 5.74) is 7.82. The number of imidazole rings is 1. The number of aromatic nitrogens is 2. The van der Waals surface area contributed by atoms with Gasteiger partial charge in [-0.05, 0) is 44.7 Å². The van der Waals surface area contributed by atoms with E-state index in [4.69, 9.17) is 10.5 Å². The molecular weight excluding hydrogens is 238 g/mol. The summed E-state index contributed by atoms with van der Waals surface area (Å²) in [5, 5.41) is 0. The lowest BCUT2D eigenvalue weighted by molar-refractivity contribution is 0.242. The highest BCUT2D eigenvalue weighted by Gasteiger charge is 2.08. The number of hydrogen-bond acceptors (Lipinski definition) is 3. The first-order valence-electron chi connectivity index (χ1n) is 6.59. The van der Waals surface area contributed by atoms with Crippen LogP contribution in [0.5, 0.6) is 5.75 Å². The molecule has 1 heterocycles. The van der Waals surface area contributed by atoms with Crippen LogP contribution in [0.25, 0.3) is 11.4 Å². The molecule has 2 N–H and O–H groups in total. The molecule has 0 aliphatic heterocycles. The molecule has 0 fully saturated rings. The van der Waals surface area contributed by atoms with Gasteiger partial charge < -0.3 is 15.0 Å². The molecule has 0 aliphatic carbocycles. The van der Waals surface area contributed by atoms with Crippen molar-refractivity contribution >= 4 is 0 Å². The van der Waals surface area contributed by atoms with E-state index in [1.54, 1.807) is 0 Å². The second-order valence-corrected chi connectivity index (χ2v) is 4.86. The molecule has 0 unspecified atom stereocenters. The molecule has 4 nitrogen and oxygen atoms in total. The second-order valence-electron chi connectivity index (χ2n) is 4.86. The van der Waals surface area contributed by atoms with Crippen molar-refractivity contribution < 1.29 is 4.74 Å². The fourth-order valence-electron chi connectivity index (χ4n) is 2.05. The number of ether oxygens (including phenoxy) is 1. The molecule has 1 aromatic carbocycles. The van der Waals surface area contributed by atoms with E-state index < -0.39 is 0 Å². The monoisotopic (exact) mass is 259 g/mol. The first-order valence-corrected chi connectivity index (χ1v) is 6.59. The molecule has 0 saturated heterocycles. The van der Waals surface area contributed by atoms with Gasteiger partial charge in [0.05, 0.1) is 6.10 Å². The van der Waals surface area contributed by atoms with E-state index in [1.807, 2.05) is 51.4 Å². The van der Waals surface area contributed by atoms with Gasteiger partial charge in [-0.1, -0.05) is 0 Å². The number of hydrogen-bond donors (Lipinski definition) is 1. The fraction of sp³-hybridized carbons (Fsp3) is 0.400. The minimum absolute atomic E-state index is 0.190. The standard InChI is InChI=1S/C15H21N3O/c1-11(2)19-14-6-4-12(5-7-14)15-17-10-13(8-9-16)18(15)3/h4-7,10-11H,8-9,16H2,1-3H3. The molecule has 102 valence electrons. The number of nitrogens with two attached hydrogens (primary N) is 1. The van der Waals surface area contributed by atoms with Crippen molar-refractivity contribution in [3.63, 3.8) is 0 Å². The van der Waals surface area contributed by atoms with Gasteiger partial charge in [-0.2, -0.15) is 0 Å². The van der Waals surface area contributed by atoms with E-state index in [0.29, 0.717) is 6.54 Å². The highest BCUT2D eigenvalue weighted by Crippen LogP contribution is 2.22. The van der Waals surface area contributed by atoms with Gasteiger partial charge in [0.2, 0.25) is 0 Å². The van der Waals surface area contributed by atoms with Crippen molar-refractivity contribution in [2.75, 3.05) is 6.54 Å². The molecule has 0 amide bonds. The first-order chi connectivity index (χ1) is 9.11. The fourth-order valence-corrected chi connectivity index (χ4v) is 2.05. The van der Waals surface area contributed by atoms with Crippen LogP contribution in [0.15, 0.2) is 30.5 Å². The summed E-state index contributed by atoms with van der Waals surface area (Å²) in [7, 11) is 2.02. The van der Waals surface area contributed by atoms with Gasteiger partial charge in [0.25, 0.3) is 0 Å². The lowest BCUT2D eigenvalue weighted by Crippen LogP contribution is -2.07. The van der Waals surface area contributed by atoms with Gasteiger partial charge in [0.1, 0.15) is 11.6 Å². The number of benzene rings is 1. The van der Waals surface area contributed by atoms with Crippen molar-refractivity contribution in [3.8, 4) is 17.1 Å². The Hall–Kier alpha value is -1.81. The zero-order valence-electron chi connectivity index (χ0n) is 11.8. The molecular formula is C15H21N3O. The van der Waals surface area contributed by atoms with Crippen LogP contribution < -0.4 is 10.5 Å². The van der Waals surface area contributed by atoms with Gasteiger partial charge in [0.15, 0.2) is 0 Å². The molecule has 0 radical (unpaired) electrons. The molecule has 0 saturated carbocycles. The molecule has 1 aromatic heterocycles. The van der Waals surface area contributed by atoms with Gasteiger partial charge in [-0.25, -0.2) is 4.98 Å². The highest BCUT2D eigenvalue weighted by atomic mass is 16.5. The first kappa shape index (κ1) is 13.6. The third-order valence-electron chi connectivity index (χ3n) is 2.97. The Kier molecular flexibility index (Phi) is 4.22. The molecule has 0 atom stereocenters. The summed E-state index contributed by atoms with van der Waals surface area (Å²) in [6, 6.07) is 8.03. The number of rotatable bonds is 5. The summed E-state index contributed by atoms with van der Waals surface area (Å²) in [5.74, 6) is 1.84. The molecule has 2 rings (SSSR count). The average Bonchev–Trinajstić information content (AvgIpc) is 2.72. The Bertz CT molecular complexity index is 529. The van der Waals surface area contributed by atoms with E-state index in [9.17, 15) is 0 Å². The second kappa shape index (κ2) is 5.89. The van der Waals surface area contributed by atoms with Crippen molar-refractivity contribution in [2.24, 2.45) is 12.8 Å². The van der Waals surface area contributed by atoms with Crippen LogP contribution in [0, 0.1) is 0 Å². The summed E-state index contributed by atoms with van der Waals surface area (Å²) < 4.78 is 7.72. The smallest absolute Gasteiger partial charge is 0.139 e. The van der Waals surface area contributed by atoms with E-state index in [-0.39, 0.29) is 6.10 Å². The molecule has 4 heteroatoms. The normalized spacial score (nSPS) is 11.0. The molecule has 19 heavy (non-hydrogen) atoms. The van der Waals surface area contributed by atoms with Crippen molar-refractivity contribution in [2.45, 2.75) is 26.4 Å². The van der Waals surface area contributed by atoms with Crippen LogP contribution in [-0.4, -0.2) is 22.2 Å². The van der Waals surface area contributed by atoms with Crippen LogP contribution in [0.2, 0.25) is 0 Å². The third-order valence-corrected chi connectivity index (χ3v) is 2.97. The number of nitrogens with zero attached hydrogens (tertiary/aromatic N) is 2. The lowest BCUT2D eigenvalue weighted by atomic mass is 10.2. The minimum atomic E-state index is 0.190. The van der Waals surface area contributed by atoms with Crippen LogP contribution in [0.3, 0.4) is 0 Å². The van der Waals surface area contributed by atoms with E-state index >= 15 is 0 Å². The summed E-state index contributed by atoms with van der Waals surface area (Å²) in [6.45, 7) is 4.68. The van der Waals surface area contributed by atoms with Crippen molar-refractivity contribution in [1.29, 1.82) is 0 Å². The zero-order valence-corrected chi connectivity index (χ0v) is 11.8. The molecule has 0 spiro atoms. The van der Waals surface area contributed by atoms with Crippen molar-refractivity contribution in [3.05, 3.63) is 36.2 Å². The maximum atomic E-state index is 5.64. The quantitative estimate of drug-likeness (QED) is 0.897. The Labute approximate surface area is 114 Å². The van der Waals surface area contributed by atoms with E-state index in [1.165, 1.54) is 0 Å². The largest absolute Gasteiger partial charge is 0.491 e. The Morgan fingerprint density at radius 1 is 1.26 bits per heavy atom. The van der Waals surface area contributed by atoms with Gasteiger partial charge >= 0.3 is 0 Å². The van der Waals surface area contributed by atoms with Gasteiger partial charge in [-0.15, -0.1) is 0 Å². The maximum absolute atomic E-state index is 5.64. The SMILES string of the molecule is CC(C)Oc1ccc(-c2ncc(CCN)n2C)cc1. The highest BCUT2D eigenvalue weighted by molar-refractivity contribution is 5.57. The van der Waals surface area contributed by atoms with Gasteiger partial charge in [0, 0.05) is 30.9 Å². The Morgan fingerprint density at radius 3 is 2.53 bits per heavy atom. The predicted molar refractivity (Wildman–Crippen MR) is 77.2 cm³/mol. The lowest BCUT2D eigenvalue weighted by Gasteiger charge is -2.10. The molecule has 2 aromatic rings. The van der Waals surface area contributed by atoms with Crippen LogP contribution in [0.4, 0.5) is 0 Å². The zero-order chi connectivity index (χ0) is 13.8. The van der Waals surface area contributed by atoms with Crippen LogP contribution in [-0.2, 0) is 13.5 Å². The Morgan fingerprint density at radius 2 is 1.95 bits per heavy atom.